The SMILES string of the molecule is O=C(c1cnccc1Br)N1CCSCC1. The number of thioether (sulfide) groups is 1. The van der Waals surface area contributed by atoms with Gasteiger partial charge in [0, 0.05) is 41.5 Å². The minimum absolute atomic E-state index is 0.0790. The number of halogens is 1. The number of hydrogen-bond donors (Lipinski definition) is 0. The third kappa shape index (κ3) is 2.52. The smallest absolute Gasteiger partial charge is 0.256 e. The van der Waals surface area contributed by atoms with Gasteiger partial charge in [-0.05, 0) is 22.0 Å². The number of carbonyl (C=O) groups excluding carboxylic acids is 1. The van der Waals surface area contributed by atoms with E-state index in [1.807, 2.05) is 16.7 Å². The lowest BCUT2D eigenvalue weighted by Crippen LogP contribution is -2.38. The van der Waals surface area contributed by atoms with Gasteiger partial charge in [0.1, 0.15) is 0 Å². The molecule has 0 atom stereocenters. The molecule has 1 aliphatic rings. The summed E-state index contributed by atoms with van der Waals surface area (Å²) in [5.41, 5.74) is 0.657. The molecule has 1 amide bonds. The number of carbonyl (C=O) groups is 1. The van der Waals surface area contributed by atoms with E-state index >= 15 is 0 Å². The van der Waals surface area contributed by atoms with E-state index in [1.165, 1.54) is 0 Å². The summed E-state index contributed by atoms with van der Waals surface area (Å²) in [7, 11) is 0. The highest BCUT2D eigenvalue weighted by atomic mass is 79.9. The number of hydrogen-bond acceptors (Lipinski definition) is 3. The summed E-state index contributed by atoms with van der Waals surface area (Å²) in [6.45, 7) is 1.68. The highest BCUT2D eigenvalue weighted by Gasteiger charge is 2.20. The Labute approximate surface area is 101 Å². The molecule has 1 aliphatic heterocycles. The van der Waals surface area contributed by atoms with E-state index in [0.717, 1.165) is 29.1 Å². The molecule has 15 heavy (non-hydrogen) atoms. The van der Waals surface area contributed by atoms with Crippen LogP contribution in [0.2, 0.25) is 0 Å². The molecule has 0 saturated carbocycles. The van der Waals surface area contributed by atoms with Gasteiger partial charge in [0.25, 0.3) is 5.91 Å². The standard InChI is InChI=1S/C10H11BrN2OS/c11-9-1-2-12-7-8(9)10(14)13-3-5-15-6-4-13/h1-2,7H,3-6H2. The molecule has 0 aliphatic carbocycles. The van der Waals surface area contributed by atoms with Crippen molar-refractivity contribution >= 4 is 33.6 Å². The average Bonchev–Trinajstić information content (AvgIpc) is 2.30. The Morgan fingerprint density at radius 3 is 2.87 bits per heavy atom. The summed E-state index contributed by atoms with van der Waals surface area (Å²) < 4.78 is 0.820. The van der Waals surface area contributed by atoms with Crippen LogP contribution in [0.4, 0.5) is 0 Å². The van der Waals surface area contributed by atoms with Gasteiger partial charge in [0.15, 0.2) is 0 Å². The largest absolute Gasteiger partial charge is 0.337 e. The number of aromatic nitrogens is 1. The van der Waals surface area contributed by atoms with Crippen LogP contribution in [0.25, 0.3) is 0 Å². The molecule has 1 saturated heterocycles. The van der Waals surface area contributed by atoms with Crippen LogP contribution in [0.1, 0.15) is 10.4 Å². The van der Waals surface area contributed by atoms with E-state index in [2.05, 4.69) is 20.9 Å². The molecule has 3 nitrogen and oxygen atoms in total. The van der Waals surface area contributed by atoms with E-state index in [1.54, 1.807) is 18.5 Å². The van der Waals surface area contributed by atoms with Crippen molar-refractivity contribution in [1.82, 2.24) is 9.88 Å². The van der Waals surface area contributed by atoms with Crippen LogP contribution < -0.4 is 0 Å². The van der Waals surface area contributed by atoms with Crippen molar-refractivity contribution in [2.45, 2.75) is 0 Å². The Morgan fingerprint density at radius 1 is 1.47 bits per heavy atom. The molecular formula is C10H11BrN2OS. The summed E-state index contributed by atoms with van der Waals surface area (Å²) in [5.74, 6) is 2.14. The van der Waals surface area contributed by atoms with E-state index < -0.39 is 0 Å². The van der Waals surface area contributed by atoms with E-state index in [4.69, 9.17) is 0 Å². The highest BCUT2D eigenvalue weighted by molar-refractivity contribution is 9.10. The lowest BCUT2D eigenvalue weighted by molar-refractivity contribution is 0.0771. The van der Waals surface area contributed by atoms with Crippen LogP contribution in [0.3, 0.4) is 0 Å². The number of nitrogens with zero attached hydrogens (tertiary/aromatic N) is 2. The summed E-state index contributed by atoms with van der Waals surface area (Å²) in [5, 5.41) is 0. The Morgan fingerprint density at radius 2 is 2.20 bits per heavy atom. The molecule has 0 aromatic carbocycles. The zero-order chi connectivity index (χ0) is 10.7. The van der Waals surface area contributed by atoms with Crippen LogP contribution in [0, 0.1) is 0 Å². The normalized spacial score (nSPS) is 16.5. The molecule has 5 heteroatoms. The molecule has 0 unspecified atom stereocenters. The molecule has 1 aromatic rings. The van der Waals surface area contributed by atoms with Gasteiger partial charge in [-0.1, -0.05) is 0 Å². The van der Waals surface area contributed by atoms with Gasteiger partial charge >= 0.3 is 0 Å². The maximum Gasteiger partial charge on any atom is 0.256 e. The predicted molar refractivity (Wildman–Crippen MR) is 65.2 cm³/mol. The van der Waals surface area contributed by atoms with Crippen molar-refractivity contribution < 1.29 is 4.79 Å². The van der Waals surface area contributed by atoms with Gasteiger partial charge in [-0.3, -0.25) is 9.78 Å². The van der Waals surface area contributed by atoms with E-state index in [0.29, 0.717) is 5.56 Å². The summed E-state index contributed by atoms with van der Waals surface area (Å²) in [6.07, 6.45) is 3.29. The molecular weight excluding hydrogens is 276 g/mol. The second-order valence-electron chi connectivity index (χ2n) is 3.26. The molecule has 80 valence electrons. The second kappa shape index (κ2) is 4.99. The first-order valence-electron chi connectivity index (χ1n) is 4.75. The zero-order valence-corrected chi connectivity index (χ0v) is 10.6. The molecule has 0 bridgehead atoms. The molecule has 2 rings (SSSR count). The fraction of sp³-hybridized carbons (Fsp3) is 0.400. The average molecular weight is 287 g/mol. The number of rotatable bonds is 1. The van der Waals surface area contributed by atoms with Crippen molar-refractivity contribution in [3.05, 3.63) is 28.5 Å². The van der Waals surface area contributed by atoms with Crippen molar-refractivity contribution in [3.63, 3.8) is 0 Å². The summed E-state index contributed by atoms with van der Waals surface area (Å²) >= 11 is 5.27. The van der Waals surface area contributed by atoms with Gasteiger partial charge in [0.2, 0.25) is 0 Å². The third-order valence-electron chi connectivity index (χ3n) is 2.30. The lowest BCUT2D eigenvalue weighted by atomic mass is 10.2. The Balaban J connectivity index is 2.16. The first-order valence-corrected chi connectivity index (χ1v) is 6.70. The van der Waals surface area contributed by atoms with Crippen molar-refractivity contribution in [1.29, 1.82) is 0 Å². The molecule has 0 spiro atoms. The molecule has 0 radical (unpaired) electrons. The third-order valence-corrected chi connectivity index (χ3v) is 3.93. The van der Waals surface area contributed by atoms with E-state index in [9.17, 15) is 4.79 Å². The minimum atomic E-state index is 0.0790. The Kier molecular flexibility index (Phi) is 3.64. The fourth-order valence-corrected chi connectivity index (χ4v) is 2.76. The quantitative estimate of drug-likeness (QED) is 0.792. The maximum atomic E-state index is 12.1. The summed E-state index contributed by atoms with van der Waals surface area (Å²) in [6, 6.07) is 1.80. The Bertz CT molecular complexity index is 366. The minimum Gasteiger partial charge on any atom is -0.337 e. The van der Waals surface area contributed by atoms with Crippen LogP contribution in [0.5, 0.6) is 0 Å². The Hall–Kier alpha value is -0.550. The van der Waals surface area contributed by atoms with Crippen LogP contribution in [-0.4, -0.2) is 40.4 Å². The molecule has 2 heterocycles. The van der Waals surface area contributed by atoms with Crippen LogP contribution >= 0.6 is 27.7 Å². The molecule has 1 aromatic heterocycles. The second-order valence-corrected chi connectivity index (χ2v) is 5.34. The van der Waals surface area contributed by atoms with Gasteiger partial charge in [-0.2, -0.15) is 11.8 Å². The van der Waals surface area contributed by atoms with Gasteiger partial charge < -0.3 is 4.90 Å². The predicted octanol–water partition coefficient (Wildman–Crippen LogP) is 2.03. The number of pyridine rings is 1. The van der Waals surface area contributed by atoms with E-state index in [-0.39, 0.29) is 5.91 Å². The highest BCUT2D eigenvalue weighted by Crippen LogP contribution is 2.18. The van der Waals surface area contributed by atoms with Crippen molar-refractivity contribution in [3.8, 4) is 0 Å². The van der Waals surface area contributed by atoms with Crippen LogP contribution in [0.15, 0.2) is 22.9 Å². The first kappa shape index (κ1) is 11.0. The first-order chi connectivity index (χ1) is 7.29. The zero-order valence-electron chi connectivity index (χ0n) is 8.15. The molecule has 0 N–H and O–H groups in total. The topological polar surface area (TPSA) is 33.2 Å². The maximum absolute atomic E-state index is 12.1. The lowest BCUT2D eigenvalue weighted by Gasteiger charge is -2.26. The van der Waals surface area contributed by atoms with Gasteiger partial charge in [0.05, 0.1) is 5.56 Å². The monoisotopic (exact) mass is 286 g/mol. The fourth-order valence-electron chi connectivity index (χ4n) is 1.47. The van der Waals surface area contributed by atoms with Gasteiger partial charge in [-0.15, -0.1) is 0 Å². The molecule has 1 fully saturated rings. The van der Waals surface area contributed by atoms with Crippen LogP contribution in [-0.2, 0) is 0 Å². The van der Waals surface area contributed by atoms with Crippen molar-refractivity contribution in [2.75, 3.05) is 24.6 Å². The summed E-state index contributed by atoms with van der Waals surface area (Å²) in [4.78, 5) is 17.9. The van der Waals surface area contributed by atoms with Crippen molar-refractivity contribution in [2.24, 2.45) is 0 Å². The van der Waals surface area contributed by atoms with Gasteiger partial charge in [-0.25, -0.2) is 0 Å². The number of amides is 1.